The van der Waals surface area contributed by atoms with Crippen LogP contribution in [0.1, 0.15) is 41.9 Å². The topological polar surface area (TPSA) is 82.7 Å². The minimum Gasteiger partial charge on any atom is -0.497 e. The third kappa shape index (κ3) is 3.88. The number of rotatable bonds is 4. The van der Waals surface area contributed by atoms with Gasteiger partial charge in [-0.1, -0.05) is 19.9 Å². The van der Waals surface area contributed by atoms with E-state index in [-0.39, 0.29) is 11.2 Å². The highest BCUT2D eigenvalue weighted by Gasteiger charge is 2.35. The summed E-state index contributed by atoms with van der Waals surface area (Å²) in [4.78, 5) is 18.7. The van der Waals surface area contributed by atoms with Crippen LogP contribution in [0.15, 0.2) is 41.3 Å². The molecule has 0 spiro atoms. The average molecular weight is 482 g/mol. The second-order valence-corrected chi connectivity index (χ2v) is 12.1. The normalized spacial score (nSPS) is 18.8. The van der Waals surface area contributed by atoms with Gasteiger partial charge >= 0.3 is 0 Å². The van der Waals surface area contributed by atoms with Crippen molar-refractivity contribution in [1.82, 2.24) is 9.29 Å². The smallest absolute Gasteiger partial charge is 0.243 e. The van der Waals surface area contributed by atoms with Crippen LogP contribution in [0.4, 0.5) is 5.69 Å². The number of benzene rings is 2. The number of anilines is 1. The van der Waals surface area contributed by atoms with Crippen molar-refractivity contribution in [2.24, 2.45) is 5.41 Å². The van der Waals surface area contributed by atoms with Crippen LogP contribution in [0.25, 0.3) is 10.9 Å². The van der Waals surface area contributed by atoms with E-state index in [0.717, 1.165) is 40.0 Å². The second-order valence-electron chi connectivity index (χ2n) is 10.2. The number of piperazine rings is 1. The highest BCUT2D eigenvalue weighted by molar-refractivity contribution is 7.89. The van der Waals surface area contributed by atoms with Crippen LogP contribution in [-0.4, -0.2) is 56.8 Å². The molecule has 1 saturated heterocycles. The Balaban J connectivity index is 1.42. The van der Waals surface area contributed by atoms with Gasteiger partial charge in [-0.05, 0) is 48.6 Å². The van der Waals surface area contributed by atoms with Gasteiger partial charge in [-0.25, -0.2) is 8.42 Å². The fraction of sp³-hybridized carbons (Fsp3) is 0.423. The Morgan fingerprint density at radius 1 is 1.03 bits per heavy atom. The lowest BCUT2D eigenvalue weighted by molar-refractivity contribution is 0.0913. The number of ether oxygens (including phenoxy) is 1. The van der Waals surface area contributed by atoms with Crippen LogP contribution in [0.5, 0.6) is 5.75 Å². The molecular weight excluding hydrogens is 450 g/mol. The van der Waals surface area contributed by atoms with Gasteiger partial charge in [0.2, 0.25) is 10.0 Å². The molecule has 3 aromatic rings. The van der Waals surface area contributed by atoms with Crippen LogP contribution in [-0.2, 0) is 16.4 Å². The van der Waals surface area contributed by atoms with Crippen molar-refractivity contribution >= 4 is 32.4 Å². The quantitative estimate of drug-likeness (QED) is 0.605. The number of nitrogens with zero attached hydrogens (tertiary/aromatic N) is 2. The van der Waals surface area contributed by atoms with E-state index < -0.39 is 10.0 Å². The summed E-state index contributed by atoms with van der Waals surface area (Å²) in [6.45, 7) is 8.02. The van der Waals surface area contributed by atoms with Gasteiger partial charge in [0.25, 0.3) is 0 Å². The first-order valence-corrected chi connectivity index (χ1v) is 13.1. The Hall–Kier alpha value is -2.84. The fourth-order valence-electron chi connectivity index (χ4n) is 5.31. The van der Waals surface area contributed by atoms with E-state index in [1.807, 2.05) is 37.3 Å². The molecule has 0 radical (unpaired) electrons. The third-order valence-electron chi connectivity index (χ3n) is 7.02. The Morgan fingerprint density at radius 3 is 2.47 bits per heavy atom. The molecule has 8 heteroatoms. The molecule has 2 heterocycles. The summed E-state index contributed by atoms with van der Waals surface area (Å²) in [5, 5.41) is 0.829. The number of Topliss-reactive ketones (excluding diaryl/α,β-unsaturated/α-hetero) is 1. The van der Waals surface area contributed by atoms with Gasteiger partial charge in [0, 0.05) is 66.5 Å². The number of hydrogen-bond donors (Lipinski definition) is 1. The number of sulfonamides is 1. The lowest BCUT2D eigenvalue weighted by Crippen LogP contribution is -2.48. The van der Waals surface area contributed by atoms with Gasteiger partial charge in [0.1, 0.15) is 5.75 Å². The number of carbonyl (C=O) groups excluding carboxylic acids is 1. The van der Waals surface area contributed by atoms with E-state index >= 15 is 0 Å². The van der Waals surface area contributed by atoms with Crippen molar-refractivity contribution in [1.29, 1.82) is 0 Å². The van der Waals surface area contributed by atoms with E-state index in [9.17, 15) is 13.2 Å². The number of aryl methyl sites for hydroxylation is 1. The van der Waals surface area contributed by atoms with Crippen molar-refractivity contribution < 1.29 is 17.9 Å². The minimum atomic E-state index is -3.66. The predicted molar refractivity (Wildman–Crippen MR) is 133 cm³/mol. The van der Waals surface area contributed by atoms with Crippen LogP contribution in [0, 0.1) is 12.3 Å². The van der Waals surface area contributed by atoms with Crippen LogP contribution in [0.2, 0.25) is 0 Å². The molecule has 2 aliphatic rings. The van der Waals surface area contributed by atoms with E-state index in [1.165, 1.54) is 0 Å². The molecule has 0 saturated carbocycles. The average Bonchev–Trinajstić information content (AvgIpc) is 3.14. The highest BCUT2D eigenvalue weighted by atomic mass is 32.2. The van der Waals surface area contributed by atoms with Gasteiger partial charge in [-0.3, -0.25) is 4.79 Å². The third-order valence-corrected chi connectivity index (χ3v) is 9.06. The lowest BCUT2D eigenvalue weighted by atomic mass is 9.76. The molecule has 1 aliphatic carbocycles. The monoisotopic (exact) mass is 481 g/mol. The van der Waals surface area contributed by atoms with Crippen molar-refractivity contribution in [3.05, 3.63) is 53.2 Å². The van der Waals surface area contributed by atoms with Crippen molar-refractivity contribution in [3.63, 3.8) is 0 Å². The Morgan fingerprint density at radius 2 is 1.76 bits per heavy atom. The molecule has 5 rings (SSSR count). The molecule has 0 atom stereocenters. The predicted octanol–water partition coefficient (Wildman–Crippen LogP) is 4.15. The molecule has 180 valence electrons. The zero-order valence-electron chi connectivity index (χ0n) is 20.1. The van der Waals surface area contributed by atoms with Gasteiger partial charge in [-0.2, -0.15) is 4.31 Å². The van der Waals surface area contributed by atoms with E-state index in [2.05, 4.69) is 23.7 Å². The number of fused-ring (bicyclic) bond motifs is 3. The van der Waals surface area contributed by atoms with Gasteiger partial charge in [0.15, 0.2) is 5.78 Å². The maximum absolute atomic E-state index is 13.6. The molecular formula is C26H31N3O4S. The first kappa shape index (κ1) is 22.9. The zero-order chi connectivity index (χ0) is 24.3. The molecule has 1 fully saturated rings. The number of carbonyl (C=O) groups is 1. The Bertz CT molecular complexity index is 1380. The maximum atomic E-state index is 13.6. The summed E-state index contributed by atoms with van der Waals surface area (Å²) in [6, 6.07) is 11.4. The molecule has 7 nitrogen and oxygen atoms in total. The molecule has 34 heavy (non-hydrogen) atoms. The van der Waals surface area contributed by atoms with Crippen LogP contribution < -0.4 is 9.64 Å². The Labute approximate surface area is 200 Å². The molecule has 0 amide bonds. The standard InChI is InChI=1S/C26H31N3O4S/c1-17-12-20-21(27-22-15-26(2,3)16-23(30)25(20)22)14-24(17)34(31,32)29-10-8-28(9-11-29)18-6-5-7-19(13-18)33-4/h5-7,12-14,27H,8-11,15-16H2,1-4H3. The number of ketones is 1. The summed E-state index contributed by atoms with van der Waals surface area (Å²) in [6.07, 6.45) is 1.28. The van der Waals surface area contributed by atoms with Gasteiger partial charge in [0.05, 0.1) is 12.0 Å². The molecule has 0 bridgehead atoms. The van der Waals surface area contributed by atoms with Gasteiger partial charge in [-0.15, -0.1) is 0 Å². The summed E-state index contributed by atoms with van der Waals surface area (Å²) < 4.78 is 34.1. The first-order chi connectivity index (χ1) is 16.1. The van der Waals surface area contributed by atoms with E-state index in [1.54, 1.807) is 17.5 Å². The molecule has 0 unspecified atom stereocenters. The number of aromatic amines is 1. The fourth-order valence-corrected chi connectivity index (χ4v) is 6.97. The highest BCUT2D eigenvalue weighted by Crippen LogP contribution is 2.39. The maximum Gasteiger partial charge on any atom is 0.243 e. The molecule has 1 N–H and O–H groups in total. The van der Waals surface area contributed by atoms with Crippen LogP contribution in [0.3, 0.4) is 0 Å². The number of methoxy groups -OCH3 is 1. The minimum absolute atomic E-state index is 0.0998. The van der Waals surface area contributed by atoms with E-state index in [4.69, 9.17) is 4.74 Å². The van der Waals surface area contributed by atoms with Gasteiger partial charge < -0.3 is 14.6 Å². The molecule has 1 aromatic heterocycles. The largest absolute Gasteiger partial charge is 0.497 e. The number of hydrogen-bond acceptors (Lipinski definition) is 5. The number of nitrogens with one attached hydrogen (secondary N) is 1. The summed E-state index contributed by atoms with van der Waals surface area (Å²) in [5.74, 6) is 0.910. The van der Waals surface area contributed by atoms with Crippen molar-refractivity contribution in [2.75, 3.05) is 38.2 Å². The Kier molecular flexibility index (Phi) is 5.48. The first-order valence-electron chi connectivity index (χ1n) is 11.7. The number of H-pyrrole nitrogens is 1. The lowest BCUT2D eigenvalue weighted by Gasteiger charge is -2.35. The summed E-state index contributed by atoms with van der Waals surface area (Å²) >= 11 is 0. The van der Waals surface area contributed by atoms with Crippen LogP contribution >= 0.6 is 0 Å². The SMILES string of the molecule is COc1cccc(N2CCN(S(=O)(=O)c3cc4[nH]c5c(c4cc3C)C(=O)CC(C)(C)C5)CC2)c1. The molecule has 2 aromatic carbocycles. The zero-order valence-corrected chi connectivity index (χ0v) is 21.0. The molecule has 1 aliphatic heterocycles. The second kappa shape index (κ2) is 8.13. The van der Waals surface area contributed by atoms with E-state index in [0.29, 0.717) is 43.1 Å². The van der Waals surface area contributed by atoms with Crippen molar-refractivity contribution in [2.45, 2.75) is 38.5 Å². The summed E-state index contributed by atoms with van der Waals surface area (Å²) in [7, 11) is -2.02. The summed E-state index contributed by atoms with van der Waals surface area (Å²) in [5.41, 5.74) is 3.96. The van der Waals surface area contributed by atoms with Crippen molar-refractivity contribution in [3.8, 4) is 5.75 Å². The number of aromatic nitrogens is 1.